The number of hydrogen-bond donors (Lipinski definition) is 1. The van der Waals surface area contributed by atoms with Gasteiger partial charge in [0.1, 0.15) is 0 Å². The van der Waals surface area contributed by atoms with Crippen LogP contribution in [-0.4, -0.2) is 48.8 Å². The van der Waals surface area contributed by atoms with Crippen LogP contribution in [0, 0.1) is 6.92 Å². The Labute approximate surface area is 194 Å². The molecule has 5 rings (SSSR count). The lowest BCUT2D eigenvalue weighted by molar-refractivity contribution is 0.0162. The van der Waals surface area contributed by atoms with Crippen molar-refractivity contribution in [1.29, 1.82) is 0 Å². The lowest BCUT2D eigenvalue weighted by Gasteiger charge is -2.35. The van der Waals surface area contributed by atoms with Crippen molar-refractivity contribution in [1.82, 2.24) is 15.4 Å². The molecule has 2 aromatic carbocycles. The predicted molar refractivity (Wildman–Crippen MR) is 127 cm³/mol. The van der Waals surface area contributed by atoms with Crippen molar-refractivity contribution in [2.75, 3.05) is 32.8 Å². The van der Waals surface area contributed by atoms with E-state index in [0.717, 1.165) is 31.5 Å². The third kappa shape index (κ3) is 5.02. The Balaban J connectivity index is 1.28. The maximum Gasteiger partial charge on any atom is 0.273 e. The van der Waals surface area contributed by atoms with Crippen molar-refractivity contribution in [2.45, 2.75) is 38.6 Å². The summed E-state index contributed by atoms with van der Waals surface area (Å²) in [6, 6.07) is 16.8. The molecule has 1 amide bonds. The third-order valence-corrected chi connectivity index (χ3v) is 6.78. The topological polar surface area (TPSA) is 67.6 Å². The second-order valence-electron chi connectivity index (χ2n) is 9.05. The highest BCUT2D eigenvalue weighted by atomic mass is 16.5. The number of nitrogens with one attached hydrogen (secondary N) is 1. The molecule has 3 aromatic rings. The van der Waals surface area contributed by atoms with Gasteiger partial charge >= 0.3 is 0 Å². The number of benzene rings is 2. The number of hydrogen-bond acceptors (Lipinski definition) is 5. The molecule has 172 valence electrons. The van der Waals surface area contributed by atoms with Crippen molar-refractivity contribution in [3.05, 3.63) is 76.5 Å². The first kappa shape index (κ1) is 21.9. The highest BCUT2D eigenvalue weighted by molar-refractivity contribution is 5.93. The molecular formula is C27H31N3O3. The van der Waals surface area contributed by atoms with Gasteiger partial charge in [0.05, 0.1) is 19.3 Å². The Hall–Kier alpha value is -2.96. The SMILES string of the molecule is Cc1ccc([C@H](CNC(=O)c2cc(-c3ccc4c(c3)CCCC4)on2)N2CCOCC2)cc1. The summed E-state index contributed by atoms with van der Waals surface area (Å²) in [7, 11) is 0. The first-order chi connectivity index (χ1) is 16.2. The van der Waals surface area contributed by atoms with Gasteiger partial charge in [-0.05, 0) is 55.4 Å². The average molecular weight is 446 g/mol. The van der Waals surface area contributed by atoms with Gasteiger partial charge in [0.15, 0.2) is 11.5 Å². The second kappa shape index (κ2) is 9.89. The third-order valence-electron chi connectivity index (χ3n) is 6.78. The fraction of sp³-hybridized carbons (Fsp3) is 0.407. The van der Waals surface area contributed by atoms with Gasteiger partial charge in [0.2, 0.25) is 0 Å². The lowest BCUT2D eigenvalue weighted by atomic mass is 9.90. The monoisotopic (exact) mass is 445 g/mol. The molecule has 1 atom stereocenters. The zero-order valence-electron chi connectivity index (χ0n) is 19.2. The summed E-state index contributed by atoms with van der Waals surface area (Å²) >= 11 is 0. The lowest BCUT2D eigenvalue weighted by Crippen LogP contribution is -2.43. The van der Waals surface area contributed by atoms with E-state index < -0.39 is 0 Å². The molecule has 1 aliphatic carbocycles. The van der Waals surface area contributed by atoms with Crippen molar-refractivity contribution in [3.63, 3.8) is 0 Å². The zero-order chi connectivity index (χ0) is 22.6. The van der Waals surface area contributed by atoms with E-state index in [1.165, 1.54) is 35.1 Å². The summed E-state index contributed by atoms with van der Waals surface area (Å²) in [4.78, 5) is 15.3. The van der Waals surface area contributed by atoms with E-state index in [2.05, 4.69) is 64.8 Å². The molecule has 0 spiro atoms. The maximum atomic E-state index is 12.9. The Morgan fingerprint density at radius 3 is 2.58 bits per heavy atom. The summed E-state index contributed by atoms with van der Waals surface area (Å²) < 4.78 is 11.1. The Kier molecular flexibility index (Phi) is 6.55. The highest BCUT2D eigenvalue weighted by Crippen LogP contribution is 2.28. The molecule has 0 unspecified atom stereocenters. The number of aromatic nitrogens is 1. The van der Waals surface area contributed by atoms with Gasteiger partial charge in [0, 0.05) is 31.3 Å². The quantitative estimate of drug-likeness (QED) is 0.612. The first-order valence-corrected chi connectivity index (χ1v) is 11.9. The van der Waals surface area contributed by atoms with Crippen LogP contribution in [0.15, 0.2) is 53.1 Å². The molecule has 1 aliphatic heterocycles. The fourth-order valence-corrected chi connectivity index (χ4v) is 4.82. The minimum absolute atomic E-state index is 0.0884. The Bertz CT molecular complexity index is 1100. The van der Waals surface area contributed by atoms with Crippen molar-refractivity contribution in [2.24, 2.45) is 0 Å². The highest BCUT2D eigenvalue weighted by Gasteiger charge is 2.24. The first-order valence-electron chi connectivity index (χ1n) is 11.9. The maximum absolute atomic E-state index is 12.9. The summed E-state index contributed by atoms with van der Waals surface area (Å²) in [5, 5.41) is 7.14. The van der Waals surface area contributed by atoms with E-state index in [9.17, 15) is 4.79 Å². The summed E-state index contributed by atoms with van der Waals surface area (Å²) in [6.45, 7) is 5.71. The van der Waals surface area contributed by atoms with Crippen molar-refractivity contribution < 1.29 is 14.1 Å². The van der Waals surface area contributed by atoms with Crippen LogP contribution in [-0.2, 0) is 17.6 Å². The number of morpholine rings is 1. The number of carbonyl (C=O) groups is 1. The second-order valence-corrected chi connectivity index (χ2v) is 9.05. The van der Waals surface area contributed by atoms with Gasteiger partial charge in [-0.1, -0.05) is 47.1 Å². The van der Waals surface area contributed by atoms with E-state index in [4.69, 9.17) is 9.26 Å². The molecule has 1 fully saturated rings. The number of nitrogens with zero attached hydrogens (tertiary/aromatic N) is 2. The molecule has 0 radical (unpaired) electrons. The van der Waals surface area contributed by atoms with Gasteiger partial charge in [-0.15, -0.1) is 0 Å². The van der Waals surface area contributed by atoms with E-state index in [1.54, 1.807) is 6.07 Å². The molecule has 0 saturated carbocycles. The van der Waals surface area contributed by atoms with E-state index in [-0.39, 0.29) is 11.9 Å². The molecule has 6 heteroatoms. The normalized spacial score (nSPS) is 17.4. The van der Waals surface area contributed by atoms with Crippen LogP contribution in [0.5, 0.6) is 0 Å². The van der Waals surface area contributed by atoms with E-state index in [0.29, 0.717) is 31.2 Å². The molecule has 1 N–H and O–H groups in total. The smallest absolute Gasteiger partial charge is 0.273 e. The number of carbonyl (C=O) groups excluding carboxylic acids is 1. The fourth-order valence-electron chi connectivity index (χ4n) is 4.82. The van der Waals surface area contributed by atoms with Crippen LogP contribution in [0.4, 0.5) is 0 Å². The molecule has 1 aromatic heterocycles. The van der Waals surface area contributed by atoms with Crippen LogP contribution >= 0.6 is 0 Å². The van der Waals surface area contributed by atoms with E-state index >= 15 is 0 Å². The van der Waals surface area contributed by atoms with Gasteiger partial charge in [-0.2, -0.15) is 0 Å². The number of ether oxygens (including phenoxy) is 1. The average Bonchev–Trinajstić information content (AvgIpc) is 3.36. The van der Waals surface area contributed by atoms with Crippen LogP contribution in [0.3, 0.4) is 0 Å². The molecule has 0 bridgehead atoms. The molecule has 6 nitrogen and oxygen atoms in total. The minimum atomic E-state index is -0.215. The van der Waals surface area contributed by atoms with Gasteiger partial charge < -0.3 is 14.6 Å². The largest absolute Gasteiger partial charge is 0.379 e. The summed E-state index contributed by atoms with van der Waals surface area (Å²) in [5.41, 5.74) is 6.51. The minimum Gasteiger partial charge on any atom is -0.379 e. The van der Waals surface area contributed by atoms with Crippen LogP contribution in [0.1, 0.15) is 51.6 Å². The predicted octanol–water partition coefficient (Wildman–Crippen LogP) is 4.33. The standard InChI is InChI=1S/C27H31N3O3/c1-19-6-8-21(9-7-19)25(30-12-14-32-15-13-30)18-28-27(31)24-17-26(33-29-24)23-11-10-20-4-2-3-5-22(20)16-23/h6-11,16-17,25H,2-5,12-15,18H2,1H3,(H,28,31)/t25-/m0/s1. The number of amides is 1. The number of rotatable bonds is 6. The van der Waals surface area contributed by atoms with Crippen LogP contribution in [0.25, 0.3) is 11.3 Å². The Morgan fingerprint density at radius 2 is 1.79 bits per heavy atom. The van der Waals surface area contributed by atoms with Crippen LogP contribution < -0.4 is 5.32 Å². The van der Waals surface area contributed by atoms with Crippen LogP contribution in [0.2, 0.25) is 0 Å². The number of aryl methyl sites for hydroxylation is 3. The van der Waals surface area contributed by atoms with Gasteiger partial charge in [0.25, 0.3) is 5.91 Å². The Morgan fingerprint density at radius 1 is 1.03 bits per heavy atom. The number of fused-ring (bicyclic) bond motifs is 1. The van der Waals surface area contributed by atoms with Gasteiger partial charge in [-0.25, -0.2) is 0 Å². The van der Waals surface area contributed by atoms with E-state index in [1.807, 2.05) is 0 Å². The summed E-state index contributed by atoms with van der Waals surface area (Å²) in [6.07, 6.45) is 4.73. The molecular weight excluding hydrogens is 414 g/mol. The summed E-state index contributed by atoms with van der Waals surface area (Å²) in [5.74, 6) is 0.421. The zero-order valence-corrected chi connectivity index (χ0v) is 19.2. The molecule has 1 saturated heterocycles. The molecule has 2 heterocycles. The van der Waals surface area contributed by atoms with Crippen molar-refractivity contribution in [3.8, 4) is 11.3 Å². The molecule has 2 aliphatic rings. The van der Waals surface area contributed by atoms with Crippen molar-refractivity contribution >= 4 is 5.91 Å². The van der Waals surface area contributed by atoms with Gasteiger partial charge in [-0.3, -0.25) is 9.69 Å². The molecule has 33 heavy (non-hydrogen) atoms.